The Morgan fingerprint density at radius 2 is 2.15 bits per heavy atom. The average molecular weight is 399 g/mol. The number of aromatic nitrogens is 3. The smallest absolute Gasteiger partial charge is 0.343 e. The number of hydrogen-bond donors (Lipinski definition) is 2. The van der Waals surface area contributed by atoms with Gasteiger partial charge in [0.15, 0.2) is 5.16 Å². The van der Waals surface area contributed by atoms with E-state index in [0.717, 1.165) is 12.0 Å². The van der Waals surface area contributed by atoms with E-state index in [1.165, 1.54) is 16.3 Å². The van der Waals surface area contributed by atoms with Crippen LogP contribution >= 0.6 is 23.4 Å². The first-order valence-electron chi connectivity index (χ1n) is 8.37. The highest BCUT2D eigenvalue weighted by molar-refractivity contribution is 7.99. The van der Waals surface area contributed by atoms with Crippen LogP contribution in [0.1, 0.15) is 31.4 Å². The number of amides is 1. The maximum atomic E-state index is 12.3. The Morgan fingerprint density at radius 3 is 2.81 bits per heavy atom. The van der Waals surface area contributed by atoms with Crippen molar-refractivity contribution in [1.82, 2.24) is 20.1 Å². The second kappa shape index (κ2) is 10.4. The first kappa shape index (κ1) is 20.5. The molecule has 1 atom stereocenters. The van der Waals surface area contributed by atoms with Gasteiger partial charge >= 0.3 is 5.69 Å². The van der Waals surface area contributed by atoms with Crippen LogP contribution in [-0.2, 0) is 16.1 Å². The van der Waals surface area contributed by atoms with Crippen LogP contribution in [0.3, 0.4) is 0 Å². The Bertz CT molecular complexity index is 760. The number of H-pyrrole nitrogens is 1. The number of methoxy groups -OCH3 is 1. The maximum Gasteiger partial charge on any atom is 0.343 e. The molecule has 0 spiro atoms. The number of halogens is 1. The highest BCUT2D eigenvalue weighted by Crippen LogP contribution is 2.20. The third-order valence-corrected chi connectivity index (χ3v) is 5.03. The van der Waals surface area contributed by atoms with Gasteiger partial charge in [-0.05, 0) is 30.5 Å². The number of thioether (sulfide) groups is 1. The summed E-state index contributed by atoms with van der Waals surface area (Å²) in [4.78, 5) is 24.1. The van der Waals surface area contributed by atoms with Crippen LogP contribution in [0.2, 0.25) is 5.02 Å². The fraction of sp³-hybridized carbons (Fsp3) is 0.471. The molecular weight excluding hydrogens is 376 g/mol. The summed E-state index contributed by atoms with van der Waals surface area (Å²) in [5, 5.41) is 10.6. The van der Waals surface area contributed by atoms with Crippen molar-refractivity contribution in [3.05, 3.63) is 45.3 Å². The molecule has 26 heavy (non-hydrogen) atoms. The fourth-order valence-electron chi connectivity index (χ4n) is 2.46. The third-order valence-electron chi connectivity index (χ3n) is 3.80. The standard InChI is InChI=1S/C17H23ClN4O3S/c1-3-14(12-5-7-13(18)8-6-12)19-15(23)11-26-17-21-20-16(24)22(17)9-4-10-25-2/h5-8,14H,3-4,9-11H2,1-2H3,(H,19,23)(H,20,24). The number of benzene rings is 1. The lowest BCUT2D eigenvalue weighted by Gasteiger charge is -2.17. The van der Waals surface area contributed by atoms with E-state index < -0.39 is 0 Å². The molecule has 2 aromatic rings. The Hall–Kier alpha value is -1.77. The van der Waals surface area contributed by atoms with Gasteiger partial charge in [0.25, 0.3) is 0 Å². The number of hydrogen-bond acceptors (Lipinski definition) is 5. The summed E-state index contributed by atoms with van der Waals surface area (Å²) in [5.74, 6) is 0.0641. The SMILES string of the molecule is CCC(NC(=O)CSc1n[nH]c(=O)n1CCCOC)c1ccc(Cl)cc1. The number of rotatable bonds is 10. The van der Waals surface area contributed by atoms with Gasteiger partial charge in [0, 0.05) is 25.3 Å². The molecule has 2 N–H and O–H groups in total. The predicted octanol–water partition coefficient (Wildman–Crippen LogP) is 2.62. The minimum Gasteiger partial charge on any atom is -0.385 e. The van der Waals surface area contributed by atoms with Crippen molar-refractivity contribution in [2.75, 3.05) is 19.5 Å². The third kappa shape index (κ3) is 5.89. The molecule has 7 nitrogen and oxygen atoms in total. The molecule has 0 aliphatic carbocycles. The number of ether oxygens (including phenoxy) is 1. The molecule has 1 heterocycles. The summed E-state index contributed by atoms with van der Waals surface area (Å²) < 4.78 is 6.52. The van der Waals surface area contributed by atoms with Crippen molar-refractivity contribution in [3.63, 3.8) is 0 Å². The molecule has 1 amide bonds. The Balaban J connectivity index is 1.92. The van der Waals surface area contributed by atoms with Crippen LogP contribution in [-0.4, -0.2) is 40.1 Å². The zero-order chi connectivity index (χ0) is 18.9. The first-order chi connectivity index (χ1) is 12.5. The Labute approximate surface area is 161 Å². The van der Waals surface area contributed by atoms with E-state index in [-0.39, 0.29) is 23.4 Å². The van der Waals surface area contributed by atoms with Crippen LogP contribution in [0, 0.1) is 0 Å². The molecule has 1 aromatic heterocycles. The molecule has 2 rings (SSSR count). The van der Waals surface area contributed by atoms with Gasteiger partial charge in [0.1, 0.15) is 0 Å². The van der Waals surface area contributed by atoms with E-state index in [0.29, 0.717) is 29.8 Å². The molecule has 0 bridgehead atoms. The average Bonchev–Trinajstić information content (AvgIpc) is 2.99. The number of nitrogens with zero attached hydrogens (tertiary/aromatic N) is 2. The van der Waals surface area contributed by atoms with E-state index in [1.807, 2.05) is 31.2 Å². The number of nitrogens with one attached hydrogen (secondary N) is 2. The van der Waals surface area contributed by atoms with Gasteiger partial charge in [-0.2, -0.15) is 0 Å². The summed E-state index contributed by atoms with van der Waals surface area (Å²) in [6, 6.07) is 7.35. The second-order valence-electron chi connectivity index (χ2n) is 5.68. The minimum absolute atomic E-state index is 0.0801. The maximum absolute atomic E-state index is 12.3. The largest absolute Gasteiger partial charge is 0.385 e. The first-order valence-corrected chi connectivity index (χ1v) is 9.73. The van der Waals surface area contributed by atoms with Gasteiger partial charge in [-0.3, -0.25) is 9.36 Å². The molecule has 1 aromatic carbocycles. The molecule has 142 valence electrons. The molecule has 0 radical (unpaired) electrons. The normalized spacial score (nSPS) is 12.1. The second-order valence-corrected chi connectivity index (χ2v) is 7.06. The van der Waals surface area contributed by atoms with Crippen LogP contribution in [0.15, 0.2) is 34.2 Å². The van der Waals surface area contributed by atoms with Gasteiger partial charge in [-0.25, -0.2) is 9.89 Å². The molecular formula is C17H23ClN4O3S. The Morgan fingerprint density at radius 1 is 1.42 bits per heavy atom. The highest BCUT2D eigenvalue weighted by Gasteiger charge is 2.15. The Kier molecular flexibility index (Phi) is 8.21. The zero-order valence-corrected chi connectivity index (χ0v) is 16.4. The quantitative estimate of drug-likeness (QED) is 0.474. The summed E-state index contributed by atoms with van der Waals surface area (Å²) >= 11 is 7.14. The topological polar surface area (TPSA) is 89.0 Å². The zero-order valence-electron chi connectivity index (χ0n) is 14.8. The van der Waals surface area contributed by atoms with Crippen LogP contribution in [0.5, 0.6) is 0 Å². The molecule has 0 fully saturated rings. The van der Waals surface area contributed by atoms with Crippen molar-refractivity contribution in [3.8, 4) is 0 Å². The minimum atomic E-state index is -0.281. The van der Waals surface area contributed by atoms with Crippen molar-refractivity contribution >= 4 is 29.3 Å². The number of carbonyl (C=O) groups is 1. The lowest BCUT2D eigenvalue weighted by Crippen LogP contribution is -2.29. The van der Waals surface area contributed by atoms with E-state index in [2.05, 4.69) is 15.5 Å². The number of carbonyl (C=O) groups excluding carboxylic acids is 1. The molecule has 0 aliphatic heterocycles. The predicted molar refractivity (Wildman–Crippen MR) is 103 cm³/mol. The van der Waals surface area contributed by atoms with Gasteiger partial charge in [0.2, 0.25) is 5.91 Å². The fourth-order valence-corrected chi connectivity index (χ4v) is 3.37. The number of aromatic amines is 1. The van der Waals surface area contributed by atoms with Gasteiger partial charge < -0.3 is 10.1 Å². The monoisotopic (exact) mass is 398 g/mol. The molecule has 9 heteroatoms. The molecule has 0 saturated heterocycles. The van der Waals surface area contributed by atoms with E-state index >= 15 is 0 Å². The van der Waals surface area contributed by atoms with Crippen LogP contribution < -0.4 is 11.0 Å². The van der Waals surface area contributed by atoms with Crippen molar-refractivity contribution in [2.24, 2.45) is 0 Å². The molecule has 1 unspecified atom stereocenters. The summed E-state index contributed by atoms with van der Waals surface area (Å²) in [6.45, 7) is 3.06. The molecule has 0 saturated carbocycles. The van der Waals surface area contributed by atoms with E-state index in [1.54, 1.807) is 7.11 Å². The van der Waals surface area contributed by atoms with Crippen molar-refractivity contribution in [2.45, 2.75) is 37.5 Å². The summed E-state index contributed by atoms with van der Waals surface area (Å²) in [5.41, 5.74) is 0.725. The highest BCUT2D eigenvalue weighted by atomic mass is 35.5. The lowest BCUT2D eigenvalue weighted by atomic mass is 10.0. The summed E-state index contributed by atoms with van der Waals surface area (Å²) in [7, 11) is 1.61. The van der Waals surface area contributed by atoms with E-state index in [4.69, 9.17) is 16.3 Å². The lowest BCUT2D eigenvalue weighted by molar-refractivity contribution is -0.119. The van der Waals surface area contributed by atoms with Gasteiger partial charge in [0.05, 0.1) is 11.8 Å². The molecule has 0 aliphatic rings. The van der Waals surface area contributed by atoms with Crippen molar-refractivity contribution in [1.29, 1.82) is 0 Å². The van der Waals surface area contributed by atoms with Gasteiger partial charge in [-0.1, -0.05) is 42.4 Å². The van der Waals surface area contributed by atoms with Crippen LogP contribution in [0.4, 0.5) is 0 Å². The van der Waals surface area contributed by atoms with Crippen LogP contribution in [0.25, 0.3) is 0 Å². The van der Waals surface area contributed by atoms with Gasteiger partial charge in [-0.15, -0.1) is 5.10 Å². The van der Waals surface area contributed by atoms with Crippen molar-refractivity contribution < 1.29 is 9.53 Å². The summed E-state index contributed by atoms with van der Waals surface area (Å²) in [6.07, 6.45) is 1.46. The van der Waals surface area contributed by atoms with E-state index in [9.17, 15) is 9.59 Å².